The molecule has 0 aliphatic carbocycles. The number of halogens is 2. The van der Waals surface area contributed by atoms with Crippen molar-refractivity contribution in [2.45, 2.75) is 6.54 Å². The normalized spacial score (nSPS) is 12.3. The van der Waals surface area contributed by atoms with Gasteiger partial charge in [0.25, 0.3) is 5.91 Å². The highest BCUT2D eigenvalue weighted by molar-refractivity contribution is 6.32. The van der Waals surface area contributed by atoms with Crippen LogP contribution in [0.5, 0.6) is 11.5 Å². The predicted octanol–water partition coefficient (Wildman–Crippen LogP) is 3.48. The van der Waals surface area contributed by atoms with Gasteiger partial charge in [-0.25, -0.2) is 4.39 Å². The van der Waals surface area contributed by atoms with E-state index in [4.69, 9.17) is 21.1 Å². The van der Waals surface area contributed by atoms with Crippen molar-refractivity contribution in [3.63, 3.8) is 0 Å². The van der Waals surface area contributed by atoms with Crippen molar-refractivity contribution in [1.82, 2.24) is 4.90 Å². The summed E-state index contributed by atoms with van der Waals surface area (Å²) in [7, 11) is 1.67. The molecule has 0 bridgehead atoms. The van der Waals surface area contributed by atoms with E-state index in [2.05, 4.69) is 0 Å². The predicted molar refractivity (Wildman–Crippen MR) is 79.8 cm³/mol. The lowest BCUT2D eigenvalue weighted by Gasteiger charge is -2.18. The third-order valence-electron chi connectivity index (χ3n) is 3.35. The van der Waals surface area contributed by atoms with Crippen LogP contribution in [0.25, 0.3) is 0 Å². The molecule has 4 nitrogen and oxygen atoms in total. The highest BCUT2D eigenvalue weighted by Gasteiger charge is 2.22. The number of ether oxygens (including phenoxy) is 2. The summed E-state index contributed by atoms with van der Waals surface area (Å²) in [6.07, 6.45) is 0. The molecular weight excluding hydrogens is 309 g/mol. The molecule has 1 aliphatic heterocycles. The molecule has 0 fully saturated rings. The topological polar surface area (TPSA) is 38.8 Å². The van der Waals surface area contributed by atoms with Crippen LogP contribution in [0.4, 0.5) is 4.39 Å². The van der Waals surface area contributed by atoms with E-state index in [1.54, 1.807) is 31.3 Å². The monoisotopic (exact) mass is 321 g/mol. The Morgan fingerprint density at radius 3 is 2.73 bits per heavy atom. The number of benzene rings is 2. The van der Waals surface area contributed by atoms with Crippen LogP contribution in [0.1, 0.15) is 15.9 Å². The lowest BCUT2D eigenvalue weighted by Crippen LogP contribution is -2.26. The summed E-state index contributed by atoms with van der Waals surface area (Å²) in [4.78, 5) is 14.0. The number of hydrogen-bond acceptors (Lipinski definition) is 3. The van der Waals surface area contributed by atoms with Crippen molar-refractivity contribution in [3.05, 3.63) is 58.4 Å². The second-order valence-corrected chi connectivity index (χ2v) is 5.39. The van der Waals surface area contributed by atoms with Gasteiger partial charge in [0.1, 0.15) is 5.82 Å². The Balaban J connectivity index is 1.78. The van der Waals surface area contributed by atoms with Gasteiger partial charge >= 0.3 is 0 Å². The van der Waals surface area contributed by atoms with Gasteiger partial charge in [-0.2, -0.15) is 0 Å². The van der Waals surface area contributed by atoms with Crippen molar-refractivity contribution in [2.24, 2.45) is 0 Å². The number of rotatable bonds is 3. The molecule has 0 spiro atoms. The maximum Gasteiger partial charge on any atom is 0.254 e. The minimum atomic E-state index is -0.305. The summed E-state index contributed by atoms with van der Waals surface area (Å²) >= 11 is 6.08. The number of carbonyl (C=O) groups is 1. The Bertz CT molecular complexity index is 718. The number of fused-ring (bicyclic) bond motifs is 1. The average Bonchev–Trinajstić information content (AvgIpc) is 2.97. The zero-order valence-corrected chi connectivity index (χ0v) is 12.6. The van der Waals surface area contributed by atoms with E-state index in [1.807, 2.05) is 0 Å². The second kappa shape index (κ2) is 5.85. The molecule has 0 aromatic heterocycles. The van der Waals surface area contributed by atoms with E-state index in [-0.39, 0.29) is 18.5 Å². The van der Waals surface area contributed by atoms with Crippen LogP contribution in [0.15, 0.2) is 36.4 Å². The first kappa shape index (κ1) is 14.7. The van der Waals surface area contributed by atoms with Gasteiger partial charge in [-0.05, 0) is 29.8 Å². The molecule has 1 heterocycles. The molecule has 0 saturated heterocycles. The van der Waals surface area contributed by atoms with Gasteiger partial charge < -0.3 is 14.4 Å². The van der Waals surface area contributed by atoms with Crippen molar-refractivity contribution < 1.29 is 18.7 Å². The molecular formula is C16H13ClFNO3. The molecule has 0 unspecified atom stereocenters. The molecule has 0 atom stereocenters. The molecule has 2 aromatic carbocycles. The summed E-state index contributed by atoms with van der Waals surface area (Å²) in [6.45, 7) is 0.462. The van der Waals surface area contributed by atoms with E-state index in [0.717, 1.165) is 5.56 Å². The minimum absolute atomic E-state index is 0.0954. The van der Waals surface area contributed by atoms with Crippen LogP contribution in [-0.2, 0) is 6.54 Å². The molecule has 3 rings (SSSR count). The Hall–Kier alpha value is -2.27. The first-order valence-corrected chi connectivity index (χ1v) is 7.01. The van der Waals surface area contributed by atoms with Crippen molar-refractivity contribution in [1.29, 1.82) is 0 Å². The van der Waals surface area contributed by atoms with Crippen molar-refractivity contribution in [2.75, 3.05) is 13.8 Å². The smallest absolute Gasteiger partial charge is 0.254 e. The zero-order valence-electron chi connectivity index (χ0n) is 11.8. The minimum Gasteiger partial charge on any atom is -0.454 e. The standard InChI is InChI=1S/C16H13ClFNO3/c1-19(8-10-2-4-12(18)5-3-10)16(20)11-6-13(17)15-14(7-11)21-9-22-15/h2-7H,8-9H2,1H3. The molecule has 22 heavy (non-hydrogen) atoms. The molecule has 0 N–H and O–H groups in total. The molecule has 1 amide bonds. The maximum atomic E-state index is 12.9. The highest BCUT2D eigenvalue weighted by Crippen LogP contribution is 2.40. The van der Waals surface area contributed by atoms with Crippen LogP contribution < -0.4 is 9.47 Å². The highest BCUT2D eigenvalue weighted by atomic mass is 35.5. The van der Waals surface area contributed by atoms with Crippen LogP contribution in [-0.4, -0.2) is 24.6 Å². The van der Waals surface area contributed by atoms with Crippen LogP contribution in [0.3, 0.4) is 0 Å². The first-order chi connectivity index (χ1) is 10.5. The quantitative estimate of drug-likeness (QED) is 0.868. The Morgan fingerprint density at radius 2 is 2.00 bits per heavy atom. The van der Waals surface area contributed by atoms with E-state index >= 15 is 0 Å². The van der Waals surface area contributed by atoms with Gasteiger partial charge in [0, 0.05) is 19.2 Å². The fraction of sp³-hybridized carbons (Fsp3) is 0.188. The molecule has 1 aliphatic rings. The van der Waals surface area contributed by atoms with Gasteiger partial charge in [0.05, 0.1) is 5.02 Å². The van der Waals surface area contributed by atoms with Gasteiger partial charge in [-0.15, -0.1) is 0 Å². The third-order valence-corrected chi connectivity index (χ3v) is 3.63. The number of hydrogen-bond donors (Lipinski definition) is 0. The lowest BCUT2D eigenvalue weighted by molar-refractivity contribution is 0.0784. The van der Waals surface area contributed by atoms with E-state index < -0.39 is 0 Å². The Morgan fingerprint density at radius 1 is 1.27 bits per heavy atom. The fourth-order valence-corrected chi connectivity index (χ4v) is 2.51. The fourth-order valence-electron chi connectivity index (χ4n) is 2.25. The largest absolute Gasteiger partial charge is 0.454 e. The summed E-state index contributed by atoms with van der Waals surface area (Å²) in [5.74, 6) is 0.412. The molecule has 0 saturated carbocycles. The van der Waals surface area contributed by atoms with Gasteiger partial charge in [-0.1, -0.05) is 23.7 Å². The van der Waals surface area contributed by atoms with Crippen LogP contribution >= 0.6 is 11.6 Å². The molecule has 2 aromatic rings. The van der Waals surface area contributed by atoms with Crippen LogP contribution in [0.2, 0.25) is 5.02 Å². The second-order valence-electron chi connectivity index (χ2n) is 4.98. The summed E-state index contributed by atoms with van der Waals surface area (Å²) < 4.78 is 23.4. The summed E-state index contributed by atoms with van der Waals surface area (Å²) in [6, 6.07) is 9.18. The zero-order chi connectivity index (χ0) is 15.7. The van der Waals surface area contributed by atoms with Crippen molar-refractivity contribution >= 4 is 17.5 Å². The lowest BCUT2D eigenvalue weighted by atomic mass is 10.1. The van der Waals surface area contributed by atoms with Crippen molar-refractivity contribution in [3.8, 4) is 11.5 Å². The first-order valence-electron chi connectivity index (χ1n) is 6.63. The number of amides is 1. The van der Waals surface area contributed by atoms with Gasteiger partial charge in [-0.3, -0.25) is 4.79 Å². The van der Waals surface area contributed by atoms with E-state index in [0.29, 0.717) is 28.6 Å². The Labute approximate surface area is 132 Å². The third kappa shape index (κ3) is 2.85. The molecule has 0 radical (unpaired) electrons. The SMILES string of the molecule is CN(Cc1ccc(F)cc1)C(=O)c1cc(Cl)c2c(c1)OCO2. The van der Waals surface area contributed by atoms with Gasteiger partial charge in [0.2, 0.25) is 6.79 Å². The average molecular weight is 322 g/mol. The maximum absolute atomic E-state index is 12.9. The summed E-state index contributed by atoms with van der Waals surface area (Å²) in [5.41, 5.74) is 1.25. The van der Waals surface area contributed by atoms with Crippen LogP contribution in [0, 0.1) is 5.82 Å². The number of nitrogens with zero attached hydrogens (tertiary/aromatic N) is 1. The number of carbonyl (C=O) groups excluding carboxylic acids is 1. The van der Waals surface area contributed by atoms with Gasteiger partial charge in [0.15, 0.2) is 11.5 Å². The van der Waals surface area contributed by atoms with E-state index in [1.165, 1.54) is 17.0 Å². The summed E-state index contributed by atoms with van der Waals surface area (Å²) in [5, 5.41) is 0.341. The van der Waals surface area contributed by atoms with E-state index in [9.17, 15) is 9.18 Å². The molecule has 6 heteroatoms. The molecule has 114 valence electrons. The Kier molecular flexibility index (Phi) is 3.90.